The average molecular weight is 260 g/mol. The number of methoxy groups -OCH3 is 1. The van der Waals surface area contributed by atoms with Crippen molar-refractivity contribution in [3.05, 3.63) is 29.3 Å². The molecule has 0 unspecified atom stereocenters. The molecule has 0 saturated heterocycles. The van der Waals surface area contributed by atoms with Gasteiger partial charge in [0.05, 0.1) is 13.2 Å². The summed E-state index contributed by atoms with van der Waals surface area (Å²) in [5, 5.41) is 12.2. The lowest BCUT2D eigenvalue weighted by atomic mass is 9.85. The molecule has 3 nitrogen and oxygen atoms in total. The molecule has 0 amide bonds. The van der Waals surface area contributed by atoms with Crippen LogP contribution in [0.5, 0.6) is 5.75 Å². The van der Waals surface area contributed by atoms with Crippen molar-refractivity contribution < 1.29 is 4.74 Å². The zero-order chi connectivity index (χ0) is 14.7. The van der Waals surface area contributed by atoms with Gasteiger partial charge in [0.1, 0.15) is 11.3 Å². The van der Waals surface area contributed by atoms with Crippen LogP contribution in [-0.4, -0.2) is 12.6 Å². The number of hydrogen-bond donors (Lipinski definition) is 1. The lowest BCUT2D eigenvalue weighted by molar-refractivity contribution is 0.397. The second-order valence-electron chi connectivity index (χ2n) is 6.37. The standard InChI is InChI=1S/C16H24N2O/c1-15(2,3)13-9-12(7-8-14(13)19-6)10-18-16(4,5)11-17/h7-9,18H,10H2,1-6H3. The van der Waals surface area contributed by atoms with Crippen LogP contribution in [0.2, 0.25) is 0 Å². The van der Waals surface area contributed by atoms with Gasteiger partial charge in [-0.3, -0.25) is 5.32 Å². The molecule has 0 saturated carbocycles. The van der Waals surface area contributed by atoms with Crippen LogP contribution in [-0.2, 0) is 12.0 Å². The maximum absolute atomic E-state index is 9.01. The van der Waals surface area contributed by atoms with Crippen molar-refractivity contribution in [3.8, 4) is 11.8 Å². The second kappa shape index (κ2) is 5.63. The first-order valence-electron chi connectivity index (χ1n) is 6.53. The average Bonchev–Trinajstić information content (AvgIpc) is 2.35. The molecular weight excluding hydrogens is 236 g/mol. The molecule has 0 atom stereocenters. The zero-order valence-electron chi connectivity index (χ0n) is 12.8. The fraction of sp³-hybridized carbons (Fsp3) is 0.562. The lowest BCUT2D eigenvalue weighted by Gasteiger charge is -2.24. The topological polar surface area (TPSA) is 45.0 Å². The van der Waals surface area contributed by atoms with Gasteiger partial charge in [-0.25, -0.2) is 0 Å². The molecule has 0 fully saturated rings. The Bertz CT molecular complexity index is 479. The maximum atomic E-state index is 9.01. The second-order valence-corrected chi connectivity index (χ2v) is 6.37. The Kier molecular flexibility index (Phi) is 4.60. The molecule has 1 aromatic carbocycles. The first-order valence-corrected chi connectivity index (χ1v) is 6.53. The molecule has 0 spiro atoms. The molecular formula is C16H24N2O. The van der Waals surface area contributed by atoms with Gasteiger partial charge in [-0.1, -0.05) is 32.9 Å². The number of rotatable bonds is 4. The van der Waals surface area contributed by atoms with Gasteiger partial charge >= 0.3 is 0 Å². The molecule has 0 aliphatic rings. The van der Waals surface area contributed by atoms with E-state index in [-0.39, 0.29) is 5.41 Å². The monoisotopic (exact) mass is 260 g/mol. The molecule has 0 radical (unpaired) electrons. The van der Waals surface area contributed by atoms with Crippen molar-refractivity contribution in [3.63, 3.8) is 0 Å². The molecule has 1 aromatic rings. The van der Waals surface area contributed by atoms with Gasteiger partial charge in [-0.15, -0.1) is 0 Å². The van der Waals surface area contributed by atoms with E-state index in [2.05, 4.69) is 38.2 Å². The number of hydrogen-bond acceptors (Lipinski definition) is 3. The highest BCUT2D eigenvalue weighted by atomic mass is 16.5. The summed E-state index contributed by atoms with van der Waals surface area (Å²) < 4.78 is 5.42. The molecule has 19 heavy (non-hydrogen) atoms. The highest BCUT2D eigenvalue weighted by Crippen LogP contribution is 2.32. The van der Waals surface area contributed by atoms with Crippen LogP contribution in [0.1, 0.15) is 45.7 Å². The van der Waals surface area contributed by atoms with Crippen molar-refractivity contribution in [2.45, 2.75) is 52.1 Å². The van der Waals surface area contributed by atoms with Crippen molar-refractivity contribution in [1.29, 1.82) is 5.26 Å². The van der Waals surface area contributed by atoms with E-state index in [0.29, 0.717) is 6.54 Å². The smallest absolute Gasteiger partial charge is 0.122 e. The van der Waals surface area contributed by atoms with Crippen LogP contribution in [0.4, 0.5) is 0 Å². The minimum atomic E-state index is -0.512. The lowest BCUT2D eigenvalue weighted by Crippen LogP contribution is -2.36. The number of nitrogens with zero attached hydrogens (tertiary/aromatic N) is 1. The third-order valence-electron chi connectivity index (χ3n) is 3.09. The maximum Gasteiger partial charge on any atom is 0.122 e. The van der Waals surface area contributed by atoms with E-state index in [1.807, 2.05) is 26.0 Å². The molecule has 1 N–H and O–H groups in total. The molecule has 1 rings (SSSR count). The van der Waals surface area contributed by atoms with Crippen molar-refractivity contribution in [2.24, 2.45) is 0 Å². The van der Waals surface area contributed by atoms with Gasteiger partial charge in [0.25, 0.3) is 0 Å². The number of nitrogens with one attached hydrogen (secondary N) is 1. The van der Waals surface area contributed by atoms with Crippen molar-refractivity contribution in [1.82, 2.24) is 5.32 Å². The number of ether oxygens (including phenoxy) is 1. The number of benzene rings is 1. The van der Waals surface area contributed by atoms with E-state index in [0.717, 1.165) is 11.3 Å². The normalized spacial score (nSPS) is 12.1. The summed E-state index contributed by atoms with van der Waals surface area (Å²) in [6.07, 6.45) is 0. The predicted octanol–water partition coefficient (Wildman–Crippen LogP) is 3.38. The Balaban J connectivity index is 2.97. The molecule has 104 valence electrons. The number of nitriles is 1. The fourth-order valence-corrected chi connectivity index (χ4v) is 1.81. The van der Waals surface area contributed by atoms with Crippen LogP contribution < -0.4 is 10.1 Å². The third kappa shape index (κ3) is 4.25. The minimum Gasteiger partial charge on any atom is -0.496 e. The van der Waals surface area contributed by atoms with E-state index in [9.17, 15) is 0 Å². The molecule has 3 heteroatoms. The molecule has 0 aromatic heterocycles. The summed E-state index contributed by atoms with van der Waals surface area (Å²) in [6.45, 7) is 10.9. The summed E-state index contributed by atoms with van der Waals surface area (Å²) in [7, 11) is 1.70. The van der Waals surface area contributed by atoms with E-state index in [1.165, 1.54) is 5.56 Å². The van der Waals surface area contributed by atoms with E-state index in [4.69, 9.17) is 10.00 Å². The summed E-state index contributed by atoms with van der Waals surface area (Å²) in [6, 6.07) is 8.43. The van der Waals surface area contributed by atoms with E-state index >= 15 is 0 Å². The Labute approximate surface area is 116 Å². The Morgan fingerprint density at radius 3 is 2.32 bits per heavy atom. The fourth-order valence-electron chi connectivity index (χ4n) is 1.81. The summed E-state index contributed by atoms with van der Waals surface area (Å²) in [5.41, 5.74) is 1.87. The summed E-state index contributed by atoms with van der Waals surface area (Å²) >= 11 is 0. The molecule has 0 aliphatic carbocycles. The van der Waals surface area contributed by atoms with Gasteiger partial charge in [-0.2, -0.15) is 5.26 Å². The molecule has 0 bridgehead atoms. The van der Waals surface area contributed by atoms with Gasteiger partial charge in [0, 0.05) is 6.54 Å². The van der Waals surface area contributed by atoms with Gasteiger partial charge in [0.15, 0.2) is 0 Å². The highest BCUT2D eigenvalue weighted by Gasteiger charge is 2.20. The predicted molar refractivity (Wildman–Crippen MR) is 78.2 cm³/mol. The van der Waals surface area contributed by atoms with E-state index < -0.39 is 5.54 Å². The summed E-state index contributed by atoms with van der Waals surface area (Å²) in [4.78, 5) is 0. The van der Waals surface area contributed by atoms with Crippen LogP contribution in [0.15, 0.2) is 18.2 Å². The van der Waals surface area contributed by atoms with Crippen molar-refractivity contribution >= 4 is 0 Å². The largest absolute Gasteiger partial charge is 0.496 e. The quantitative estimate of drug-likeness (QED) is 0.902. The Morgan fingerprint density at radius 2 is 1.84 bits per heavy atom. The third-order valence-corrected chi connectivity index (χ3v) is 3.09. The van der Waals surface area contributed by atoms with Gasteiger partial charge in [0.2, 0.25) is 0 Å². The Hall–Kier alpha value is -1.53. The first kappa shape index (κ1) is 15.5. The molecule has 0 heterocycles. The highest BCUT2D eigenvalue weighted by molar-refractivity contribution is 5.41. The van der Waals surface area contributed by atoms with Crippen LogP contribution >= 0.6 is 0 Å². The first-order chi connectivity index (χ1) is 8.69. The zero-order valence-corrected chi connectivity index (χ0v) is 12.8. The van der Waals surface area contributed by atoms with Crippen LogP contribution in [0.25, 0.3) is 0 Å². The van der Waals surface area contributed by atoms with Crippen molar-refractivity contribution in [2.75, 3.05) is 7.11 Å². The van der Waals surface area contributed by atoms with Crippen LogP contribution in [0, 0.1) is 11.3 Å². The van der Waals surface area contributed by atoms with Gasteiger partial charge in [-0.05, 0) is 36.5 Å². The minimum absolute atomic E-state index is 0.0338. The van der Waals surface area contributed by atoms with Gasteiger partial charge < -0.3 is 4.74 Å². The summed E-state index contributed by atoms with van der Waals surface area (Å²) in [5.74, 6) is 0.913. The SMILES string of the molecule is COc1ccc(CNC(C)(C)C#N)cc1C(C)(C)C. The van der Waals surface area contributed by atoms with Crippen LogP contribution in [0.3, 0.4) is 0 Å². The Morgan fingerprint density at radius 1 is 1.21 bits per heavy atom. The van der Waals surface area contributed by atoms with E-state index in [1.54, 1.807) is 7.11 Å². The molecule has 0 aliphatic heterocycles.